The van der Waals surface area contributed by atoms with E-state index in [1.54, 1.807) is 4.90 Å². The maximum Gasteiger partial charge on any atom is 0.254 e. The standard InChI is InChI=1S/C17H25NO4/c1-12-6-3-2-4-7-13(10-12)14-8-5-9-18(14)17(22)16(21)15(20)11-19/h4,6-7,11,13-16,20-21H,2-3,5,8-10H2,1H3/b7-4-,12-6-. The summed E-state index contributed by atoms with van der Waals surface area (Å²) in [5.41, 5.74) is 1.32. The maximum atomic E-state index is 12.4. The van der Waals surface area contributed by atoms with E-state index in [0.717, 1.165) is 32.1 Å². The third-order valence-corrected chi connectivity index (χ3v) is 4.56. The Morgan fingerprint density at radius 3 is 2.91 bits per heavy atom. The first-order valence-corrected chi connectivity index (χ1v) is 7.98. The van der Waals surface area contributed by atoms with E-state index in [9.17, 15) is 19.8 Å². The summed E-state index contributed by atoms with van der Waals surface area (Å²) in [7, 11) is 0. The highest BCUT2D eigenvalue weighted by Gasteiger charge is 2.38. The molecule has 5 nitrogen and oxygen atoms in total. The Hall–Kier alpha value is -1.46. The third-order valence-electron chi connectivity index (χ3n) is 4.56. The summed E-state index contributed by atoms with van der Waals surface area (Å²) in [6, 6.07) is 0.0266. The molecular weight excluding hydrogens is 282 g/mol. The number of aldehydes is 1. The van der Waals surface area contributed by atoms with Crippen LogP contribution in [0.4, 0.5) is 0 Å². The van der Waals surface area contributed by atoms with Gasteiger partial charge < -0.3 is 19.9 Å². The number of nitrogens with zero attached hydrogens (tertiary/aromatic N) is 1. The number of allylic oxidation sites excluding steroid dienone is 3. The molecule has 122 valence electrons. The molecule has 4 unspecified atom stereocenters. The molecule has 1 saturated heterocycles. The van der Waals surface area contributed by atoms with Gasteiger partial charge in [0.15, 0.2) is 12.4 Å². The second kappa shape index (κ2) is 7.70. The van der Waals surface area contributed by atoms with Gasteiger partial charge >= 0.3 is 0 Å². The van der Waals surface area contributed by atoms with Crippen LogP contribution in [0.2, 0.25) is 0 Å². The fourth-order valence-corrected chi connectivity index (χ4v) is 3.39. The predicted molar refractivity (Wildman–Crippen MR) is 83.1 cm³/mol. The molecule has 0 bridgehead atoms. The van der Waals surface area contributed by atoms with Gasteiger partial charge in [0, 0.05) is 18.5 Å². The predicted octanol–water partition coefficient (Wildman–Crippen LogP) is 1.20. The zero-order valence-corrected chi connectivity index (χ0v) is 13.0. The van der Waals surface area contributed by atoms with Crippen molar-refractivity contribution < 1.29 is 19.8 Å². The van der Waals surface area contributed by atoms with Gasteiger partial charge in [-0.25, -0.2) is 0 Å². The number of likely N-dealkylation sites (tertiary alicyclic amines) is 1. The average molecular weight is 307 g/mol. The molecule has 2 rings (SSSR count). The Morgan fingerprint density at radius 1 is 1.41 bits per heavy atom. The van der Waals surface area contributed by atoms with E-state index >= 15 is 0 Å². The van der Waals surface area contributed by atoms with Crippen LogP contribution in [0.5, 0.6) is 0 Å². The Kier molecular flexibility index (Phi) is 5.91. The zero-order valence-electron chi connectivity index (χ0n) is 13.0. The van der Waals surface area contributed by atoms with Crippen LogP contribution in [0.3, 0.4) is 0 Å². The average Bonchev–Trinajstić information content (AvgIpc) is 2.97. The fraction of sp³-hybridized carbons (Fsp3) is 0.647. The molecule has 1 aliphatic carbocycles. The minimum atomic E-state index is -1.66. The molecule has 1 amide bonds. The first-order chi connectivity index (χ1) is 10.5. The highest BCUT2D eigenvalue weighted by atomic mass is 16.3. The van der Waals surface area contributed by atoms with Gasteiger partial charge in [-0.1, -0.05) is 23.8 Å². The minimum Gasteiger partial charge on any atom is -0.382 e. The van der Waals surface area contributed by atoms with Gasteiger partial charge in [0.1, 0.15) is 6.10 Å². The van der Waals surface area contributed by atoms with E-state index in [0.29, 0.717) is 6.54 Å². The summed E-state index contributed by atoms with van der Waals surface area (Å²) in [5, 5.41) is 19.2. The van der Waals surface area contributed by atoms with Crippen LogP contribution in [-0.4, -0.2) is 52.1 Å². The molecule has 1 heterocycles. The Labute approximate surface area is 131 Å². The summed E-state index contributed by atoms with van der Waals surface area (Å²) >= 11 is 0. The lowest BCUT2D eigenvalue weighted by Gasteiger charge is -2.32. The largest absolute Gasteiger partial charge is 0.382 e. The molecule has 1 aliphatic heterocycles. The maximum absolute atomic E-state index is 12.4. The molecule has 2 aliphatic rings. The van der Waals surface area contributed by atoms with Crippen LogP contribution in [-0.2, 0) is 9.59 Å². The van der Waals surface area contributed by atoms with Gasteiger partial charge in [-0.2, -0.15) is 0 Å². The van der Waals surface area contributed by atoms with E-state index in [1.165, 1.54) is 5.57 Å². The van der Waals surface area contributed by atoms with E-state index < -0.39 is 18.1 Å². The molecule has 5 heteroatoms. The second-order valence-corrected chi connectivity index (χ2v) is 6.24. The molecular formula is C17H25NO4. The molecule has 1 fully saturated rings. The van der Waals surface area contributed by atoms with Crippen molar-refractivity contribution in [3.05, 3.63) is 23.8 Å². The van der Waals surface area contributed by atoms with Crippen LogP contribution >= 0.6 is 0 Å². The smallest absolute Gasteiger partial charge is 0.254 e. The Morgan fingerprint density at radius 2 is 2.18 bits per heavy atom. The SMILES string of the molecule is C/C1=C/CC/C=C\C(C2CCCN2C(=O)C(O)C(O)C=O)C1. The number of hydrogen-bond acceptors (Lipinski definition) is 4. The number of amides is 1. The molecule has 2 N–H and O–H groups in total. The van der Waals surface area contributed by atoms with E-state index in [4.69, 9.17) is 0 Å². The summed E-state index contributed by atoms with van der Waals surface area (Å²) in [6.45, 7) is 2.68. The number of rotatable bonds is 4. The normalized spacial score (nSPS) is 32.3. The van der Waals surface area contributed by atoms with Gasteiger partial charge in [-0.05, 0) is 39.0 Å². The van der Waals surface area contributed by atoms with Gasteiger partial charge in [0.05, 0.1) is 0 Å². The lowest BCUT2D eigenvalue weighted by Crippen LogP contribution is -2.49. The fourth-order valence-electron chi connectivity index (χ4n) is 3.39. The van der Waals surface area contributed by atoms with Gasteiger partial charge in [0.2, 0.25) is 0 Å². The van der Waals surface area contributed by atoms with Crippen LogP contribution < -0.4 is 0 Å². The van der Waals surface area contributed by atoms with Gasteiger partial charge in [-0.3, -0.25) is 4.79 Å². The molecule has 0 aromatic carbocycles. The summed E-state index contributed by atoms with van der Waals surface area (Å²) in [5.74, 6) is -0.317. The molecule has 0 spiro atoms. The molecule has 4 atom stereocenters. The van der Waals surface area contributed by atoms with Crippen molar-refractivity contribution in [2.75, 3.05) is 6.54 Å². The number of aliphatic hydroxyl groups excluding tert-OH is 2. The molecule has 0 radical (unpaired) electrons. The third kappa shape index (κ3) is 3.84. The van der Waals surface area contributed by atoms with Crippen molar-refractivity contribution >= 4 is 12.2 Å². The first kappa shape index (κ1) is 16.9. The lowest BCUT2D eigenvalue weighted by molar-refractivity contribution is -0.150. The Balaban J connectivity index is 2.12. The van der Waals surface area contributed by atoms with Crippen molar-refractivity contribution in [2.45, 2.75) is 57.3 Å². The van der Waals surface area contributed by atoms with Crippen molar-refractivity contribution in [2.24, 2.45) is 5.92 Å². The van der Waals surface area contributed by atoms with Crippen LogP contribution in [0.25, 0.3) is 0 Å². The highest BCUT2D eigenvalue weighted by molar-refractivity contribution is 5.85. The highest BCUT2D eigenvalue weighted by Crippen LogP contribution is 2.31. The number of carbonyl (C=O) groups is 2. The van der Waals surface area contributed by atoms with Crippen LogP contribution in [0, 0.1) is 5.92 Å². The topological polar surface area (TPSA) is 77.8 Å². The molecule has 0 saturated carbocycles. The molecule has 22 heavy (non-hydrogen) atoms. The zero-order chi connectivity index (χ0) is 16.1. The molecule has 0 aromatic rings. The summed E-state index contributed by atoms with van der Waals surface area (Å²) < 4.78 is 0. The first-order valence-electron chi connectivity index (χ1n) is 7.98. The quantitative estimate of drug-likeness (QED) is 0.604. The van der Waals surface area contributed by atoms with Crippen molar-refractivity contribution in [1.82, 2.24) is 4.90 Å². The van der Waals surface area contributed by atoms with E-state index in [-0.39, 0.29) is 18.2 Å². The van der Waals surface area contributed by atoms with Crippen molar-refractivity contribution in [3.8, 4) is 0 Å². The van der Waals surface area contributed by atoms with Gasteiger partial charge in [0.25, 0.3) is 5.91 Å². The molecule has 0 aromatic heterocycles. The summed E-state index contributed by atoms with van der Waals surface area (Å²) in [4.78, 5) is 24.6. The Bertz CT molecular complexity index is 471. The summed E-state index contributed by atoms with van der Waals surface area (Å²) in [6.07, 6.45) is 8.19. The van der Waals surface area contributed by atoms with Crippen molar-refractivity contribution in [3.63, 3.8) is 0 Å². The number of aliphatic hydroxyl groups is 2. The van der Waals surface area contributed by atoms with Gasteiger partial charge in [-0.15, -0.1) is 0 Å². The van der Waals surface area contributed by atoms with E-state index in [2.05, 4.69) is 25.2 Å². The van der Waals surface area contributed by atoms with Crippen LogP contribution in [0.1, 0.15) is 39.0 Å². The monoisotopic (exact) mass is 307 g/mol. The lowest BCUT2D eigenvalue weighted by atomic mass is 9.88. The van der Waals surface area contributed by atoms with E-state index in [1.807, 2.05) is 0 Å². The number of carbonyl (C=O) groups excluding carboxylic acids is 2. The number of hydrogen-bond donors (Lipinski definition) is 2. The minimum absolute atomic E-state index is 0.0266. The van der Waals surface area contributed by atoms with Crippen molar-refractivity contribution in [1.29, 1.82) is 0 Å². The second-order valence-electron chi connectivity index (χ2n) is 6.24. The van der Waals surface area contributed by atoms with Crippen LogP contribution in [0.15, 0.2) is 23.8 Å².